The van der Waals surface area contributed by atoms with Crippen molar-refractivity contribution in [3.8, 4) is 34.5 Å². The Morgan fingerprint density at radius 3 is 1.35 bits per heavy atom. The Bertz CT molecular complexity index is 2610. The van der Waals surface area contributed by atoms with Crippen LogP contribution in [0, 0.1) is 22.7 Å². The molecule has 3 aliphatic heterocycles. The molecule has 0 aromatic heterocycles. The number of likely N-dealkylation sites (tertiary alicyclic amines) is 1. The second kappa shape index (κ2) is 30.2. The molecule has 3 heterocycles. The lowest BCUT2D eigenvalue weighted by molar-refractivity contribution is 0.00798. The maximum atomic E-state index is 6.45. The number of piperidine rings is 1. The summed E-state index contributed by atoms with van der Waals surface area (Å²) < 4.78 is 67.9. The van der Waals surface area contributed by atoms with E-state index in [1.165, 1.54) is 62.0 Å². The Kier molecular flexibility index (Phi) is 22.8. The minimum atomic E-state index is -0.190. The van der Waals surface area contributed by atoms with Crippen molar-refractivity contribution in [3.05, 3.63) is 155 Å². The van der Waals surface area contributed by atoms with Crippen LogP contribution in [-0.2, 0) is 28.4 Å². The molecule has 0 bridgehead atoms. The van der Waals surface area contributed by atoms with Gasteiger partial charge in [-0.3, -0.25) is 0 Å². The van der Waals surface area contributed by atoms with Gasteiger partial charge in [-0.25, -0.2) is 0 Å². The Labute approximate surface area is 474 Å². The number of alkyl halides is 1. The molecule has 4 aromatic rings. The number of hydrogen-bond donors (Lipinski definition) is 0. The highest BCUT2D eigenvalue weighted by Gasteiger charge is 2.48. The third kappa shape index (κ3) is 15.8. The van der Waals surface area contributed by atoms with Gasteiger partial charge in [-0.1, -0.05) is 68.8 Å². The molecule has 13 nitrogen and oxygen atoms in total. The Hall–Kier alpha value is -5.67. The van der Waals surface area contributed by atoms with Gasteiger partial charge in [-0.05, 0) is 155 Å². The summed E-state index contributed by atoms with van der Waals surface area (Å²) >= 11 is 5.79. The Morgan fingerprint density at radius 1 is 0.506 bits per heavy atom. The second-order valence-corrected chi connectivity index (χ2v) is 21.9. The zero-order valence-electron chi connectivity index (χ0n) is 47.4. The molecule has 0 saturated carbocycles. The number of allylic oxidation sites excluding steroid dienone is 6. The number of benzene rings is 4. The molecule has 0 amide bonds. The number of nitrogens with zero attached hydrogens (tertiary/aromatic N) is 1. The minimum absolute atomic E-state index is 0.113. The summed E-state index contributed by atoms with van der Waals surface area (Å²) in [7, 11) is 6.49. The van der Waals surface area contributed by atoms with Crippen LogP contribution in [0.1, 0.15) is 106 Å². The molecule has 0 spiro atoms. The summed E-state index contributed by atoms with van der Waals surface area (Å²) in [5.74, 6) is 8.08. The number of ether oxygens (including phenoxy) is 12. The van der Waals surface area contributed by atoms with Gasteiger partial charge in [0.2, 0.25) is 0 Å². The van der Waals surface area contributed by atoms with E-state index in [2.05, 4.69) is 110 Å². The number of unbranched alkanes of at least 4 members (excludes halogenated alkanes) is 2. The largest absolute Gasteiger partial charge is 0.494 e. The molecule has 6 atom stereocenters. The molecule has 2 aliphatic carbocycles. The standard InChI is InChI=1S/C35H47NO6.C30H37ClO6/c1-35(28-11-15-30(16-12-28)41-25-37-2)24-40-33-23-31(42-26-38-3)17-18-32(33)34(35)27-9-13-29(14-10-27)39-22-8-7-21-36-19-5-4-6-20-36;1-30(23-8-12-25(13-9-23)36-20-32-2)19-35-28-18-26(37-21-33-3)14-15-27(28)29(30)22-6-10-24(11-7-22)34-17-5-4-16-31/h9-11,13-18,23,28,34H,4-8,12,19-22,24-26H2,1-3H3;6-8,10-15,18,23,29H,4-5,9,16-17,19-21H2,1-3H3/t28?,34-,35-;23?,29-,30-/m11/s1. The molecular formula is C65H84ClNO12. The van der Waals surface area contributed by atoms with Gasteiger partial charge in [-0.15, -0.1) is 11.6 Å². The van der Waals surface area contributed by atoms with Gasteiger partial charge in [0, 0.05) is 80.2 Å². The van der Waals surface area contributed by atoms with E-state index >= 15 is 0 Å². The Balaban J connectivity index is 0.000000210. The van der Waals surface area contributed by atoms with E-state index in [0.717, 1.165) is 90.3 Å². The van der Waals surface area contributed by atoms with E-state index in [-0.39, 0.29) is 61.7 Å². The lowest BCUT2D eigenvalue weighted by atomic mass is 9.61. The van der Waals surface area contributed by atoms with E-state index in [4.69, 9.17) is 68.4 Å². The fraction of sp³-hybridized carbons (Fsp3) is 0.508. The van der Waals surface area contributed by atoms with Crippen molar-refractivity contribution in [1.82, 2.24) is 4.90 Å². The summed E-state index contributed by atoms with van der Waals surface area (Å²) in [4.78, 5) is 2.60. The van der Waals surface area contributed by atoms with E-state index in [0.29, 0.717) is 25.7 Å². The van der Waals surface area contributed by atoms with Crippen molar-refractivity contribution in [2.45, 2.75) is 83.5 Å². The van der Waals surface area contributed by atoms with E-state index in [9.17, 15) is 0 Å². The first-order chi connectivity index (χ1) is 38.7. The Morgan fingerprint density at radius 2 is 0.937 bits per heavy atom. The molecule has 14 heteroatoms. The van der Waals surface area contributed by atoms with E-state index < -0.39 is 0 Å². The van der Waals surface area contributed by atoms with Crippen molar-refractivity contribution < 1.29 is 56.8 Å². The lowest BCUT2D eigenvalue weighted by Crippen LogP contribution is -2.42. The quantitative estimate of drug-likeness (QED) is 0.0321. The number of rotatable bonds is 27. The third-order valence-corrected chi connectivity index (χ3v) is 16.3. The van der Waals surface area contributed by atoms with E-state index in [1.54, 1.807) is 28.4 Å². The smallest absolute Gasteiger partial charge is 0.188 e. The van der Waals surface area contributed by atoms with Gasteiger partial charge in [0.25, 0.3) is 0 Å². The normalized spacial score (nSPS) is 23.3. The van der Waals surface area contributed by atoms with Crippen LogP contribution in [0.3, 0.4) is 0 Å². The number of methoxy groups -OCH3 is 4. The summed E-state index contributed by atoms with van der Waals surface area (Å²) in [6.45, 7) is 11.8. The molecule has 428 valence electrons. The van der Waals surface area contributed by atoms with E-state index in [1.807, 2.05) is 30.3 Å². The van der Waals surface area contributed by atoms with Crippen molar-refractivity contribution in [2.75, 3.05) is 108 Å². The fourth-order valence-corrected chi connectivity index (χ4v) is 11.8. The summed E-state index contributed by atoms with van der Waals surface area (Å²) in [5.41, 5.74) is 4.42. The summed E-state index contributed by atoms with van der Waals surface area (Å²) in [6.07, 6.45) is 22.9. The fourth-order valence-electron chi connectivity index (χ4n) is 11.7. The van der Waals surface area contributed by atoms with Crippen molar-refractivity contribution in [2.24, 2.45) is 22.7 Å². The monoisotopic (exact) mass is 1110 g/mol. The predicted molar refractivity (Wildman–Crippen MR) is 309 cm³/mol. The van der Waals surface area contributed by atoms with Crippen LogP contribution >= 0.6 is 11.6 Å². The number of halogens is 1. The first-order valence-electron chi connectivity index (χ1n) is 28.2. The number of fused-ring (bicyclic) bond motifs is 2. The third-order valence-electron chi connectivity index (χ3n) is 16.0. The molecule has 4 aromatic carbocycles. The molecule has 9 rings (SSSR count). The highest BCUT2D eigenvalue weighted by Crippen LogP contribution is 2.56. The first kappa shape index (κ1) is 59.5. The molecular weight excluding hydrogens is 1020 g/mol. The van der Waals surface area contributed by atoms with Crippen LogP contribution in [-0.4, -0.2) is 112 Å². The minimum Gasteiger partial charge on any atom is -0.494 e. The van der Waals surface area contributed by atoms with Crippen molar-refractivity contribution >= 4 is 11.6 Å². The summed E-state index contributed by atoms with van der Waals surface area (Å²) in [5, 5.41) is 0. The van der Waals surface area contributed by atoms with Crippen LogP contribution < -0.4 is 28.4 Å². The molecule has 0 radical (unpaired) electrons. The van der Waals surface area contributed by atoms with Crippen LogP contribution in [0.5, 0.6) is 34.5 Å². The average Bonchev–Trinajstić information content (AvgIpc) is 3.67. The van der Waals surface area contributed by atoms with Crippen LogP contribution in [0.25, 0.3) is 0 Å². The van der Waals surface area contributed by atoms with Crippen molar-refractivity contribution in [3.63, 3.8) is 0 Å². The van der Waals surface area contributed by atoms with Crippen molar-refractivity contribution in [1.29, 1.82) is 0 Å². The second-order valence-electron chi connectivity index (χ2n) is 21.5. The predicted octanol–water partition coefficient (Wildman–Crippen LogP) is 13.6. The molecule has 5 aliphatic rings. The lowest BCUT2D eigenvalue weighted by Gasteiger charge is -2.47. The van der Waals surface area contributed by atoms with Gasteiger partial charge >= 0.3 is 0 Å². The highest BCUT2D eigenvalue weighted by molar-refractivity contribution is 6.17. The van der Waals surface area contributed by atoms with Gasteiger partial charge in [0.15, 0.2) is 27.2 Å². The van der Waals surface area contributed by atoms with Gasteiger partial charge < -0.3 is 61.7 Å². The zero-order valence-corrected chi connectivity index (χ0v) is 48.2. The highest BCUT2D eigenvalue weighted by atomic mass is 35.5. The molecule has 2 unspecified atom stereocenters. The van der Waals surface area contributed by atoms with Crippen LogP contribution in [0.2, 0.25) is 0 Å². The molecule has 79 heavy (non-hydrogen) atoms. The average molecular weight is 1110 g/mol. The molecule has 1 fully saturated rings. The SMILES string of the molecule is COCOC1=CCC([C@@]2(C)COc3cc(OCOC)ccc3[C@H]2c2ccc(OCCCCCl)cc2)C=C1.COCOC1=CCC([C@@]2(C)COc3cc(OCOC)ccc3[C@H]2c2ccc(OCCCCN3CCCCC3)cc2)C=C1. The zero-order chi connectivity index (χ0) is 55.3. The van der Waals surface area contributed by atoms with Gasteiger partial charge in [0.1, 0.15) is 46.0 Å². The molecule has 0 N–H and O–H groups in total. The summed E-state index contributed by atoms with van der Waals surface area (Å²) in [6, 6.07) is 29.4. The topological polar surface area (TPSA) is 114 Å². The maximum Gasteiger partial charge on any atom is 0.188 e. The first-order valence-corrected chi connectivity index (χ1v) is 28.7. The van der Waals surface area contributed by atoms with Gasteiger partial charge in [0.05, 0.1) is 26.4 Å². The maximum absolute atomic E-state index is 6.45. The molecule has 1 saturated heterocycles. The van der Waals surface area contributed by atoms with Gasteiger partial charge in [-0.2, -0.15) is 0 Å². The number of hydrogen-bond acceptors (Lipinski definition) is 13. The van der Waals surface area contributed by atoms with Crippen LogP contribution in [0.15, 0.2) is 133 Å². The van der Waals surface area contributed by atoms with Crippen LogP contribution in [0.4, 0.5) is 0 Å².